The Morgan fingerprint density at radius 2 is 1.82 bits per heavy atom. The van der Waals surface area contributed by atoms with Crippen molar-refractivity contribution in [2.24, 2.45) is 0 Å². The van der Waals surface area contributed by atoms with Gasteiger partial charge in [-0.05, 0) is 37.1 Å². The fourth-order valence-electron chi connectivity index (χ4n) is 4.25. The molecule has 0 radical (unpaired) electrons. The van der Waals surface area contributed by atoms with Gasteiger partial charge in [-0.15, -0.1) is 0 Å². The van der Waals surface area contributed by atoms with Crippen molar-refractivity contribution >= 4 is 40.0 Å². The van der Waals surface area contributed by atoms with Crippen molar-refractivity contribution in [1.29, 1.82) is 5.26 Å². The summed E-state index contributed by atoms with van der Waals surface area (Å²) in [7, 11) is 0. The summed E-state index contributed by atoms with van der Waals surface area (Å²) in [5.41, 5.74) is 4.01. The lowest BCUT2D eigenvalue weighted by molar-refractivity contribution is -0.117. The molecule has 3 aromatic carbocycles. The van der Waals surface area contributed by atoms with Crippen LogP contribution in [0.25, 0.3) is 10.9 Å². The number of H-pyrrole nitrogens is 1. The van der Waals surface area contributed by atoms with Crippen molar-refractivity contribution in [3.05, 3.63) is 112 Å². The van der Waals surface area contributed by atoms with Crippen molar-refractivity contribution < 1.29 is 9.59 Å². The molecule has 1 aliphatic heterocycles. The van der Waals surface area contributed by atoms with E-state index in [1.54, 1.807) is 6.20 Å². The number of carbonyl (C=O) groups excluding carboxylic acids is 2. The largest absolute Gasteiger partial charge is 0.360 e. The number of nitrogens with one attached hydrogen (secondary N) is 1. The highest BCUT2D eigenvalue weighted by atomic mass is 32.2. The topological polar surface area (TPSA) is 77.0 Å². The predicted molar refractivity (Wildman–Crippen MR) is 135 cm³/mol. The van der Waals surface area contributed by atoms with Crippen molar-refractivity contribution in [3.63, 3.8) is 0 Å². The first-order chi connectivity index (χ1) is 16.6. The zero-order valence-electron chi connectivity index (χ0n) is 18.5. The maximum atomic E-state index is 13.6. The standard InChI is InChI=1S/C28H21N3O2S/c1-18-8-7-9-19(14-18)15-25-27(33)31(20-10-3-2-4-11-20)28(34-25)22(16-29)26(32)23-17-30-24-13-6-5-12-21(23)24/h2-14,17,25,30H,15H2,1H3/b28-22+/t25-/m0/s1. The van der Waals surface area contributed by atoms with Gasteiger partial charge in [-0.25, -0.2) is 0 Å². The Hall–Kier alpha value is -4.08. The van der Waals surface area contributed by atoms with Crippen molar-refractivity contribution in [3.8, 4) is 6.07 Å². The summed E-state index contributed by atoms with van der Waals surface area (Å²) in [6.45, 7) is 2.02. The van der Waals surface area contributed by atoms with Crippen LogP contribution in [0.5, 0.6) is 0 Å². The molecule has 1 N–H and O–H groups in total. The van der Waals surface area contributed by atoms with Crippen molar-refractivity contribution in [1.82, 2.24) is 4.98 Å². The lowest BCUT2D eigenvalue weighted by atomic mass is 10.0. The highest BCUT2D eigenvalue weighted by Gasteiger charge is 2.41. The van der Waals surface area contributed by atoms with E-state index < -0.39 is 11.0 Å². The van der Waals surface area contributed by atoms with Gasteiger partial charge in [-0.3, -0.25) is 14.5 Å². The summed E-state index contributed by atoms with van der Waals surface area (Å²) < 4.78 is 0. The molecule has 5 rings (SSSR count). The minimum absolute atomic E-state index is 0.0290. The summed E-state index contributed by atoms with van der Waals surface area (Å²) in [6.07, 6.45) is 2.14. The van der Waals surface area contributed by atoms with Gasteiger partial charge in [0.15, 0.2) is 0 Å². The molecule has 34 heavy (non-hydrogen) atoms. The van der Waals surface area contributed by atoms with Crippen molar-refractivity contribution in [2.45, 2.75) is 18.6 Å². The molecule has 1 aromatic heterocycles. The van der Waals surface area contributed by atoms with Gasteiger partial charge in [0.1, 0.15) is 16.7 Å². The number of hydrogen-bond acceptors (Lipinski definition) is 4. The molecule has 5 nitrogen and oxygen atoms in total. The molecule has 2 heterocycles. The Morgan fingerprint density at radius 3 is 2.59 bits per heavy atom. The number of aromatic nitrogens is 1. The molecular weight excluding hydrogens is 442 g/mol. The number of allylic oxidation sites excluding steroid dienone is 1. The smallest absolute Gasteiger partial charge is 0.245 e. The SMILES string of the molecule is Cc1cccc(C[C@@H]2S/C(=C(\C#N)C(=O)c3c[nH]c4ccccc34)N(c3ccccc3)C2=O)c1. The molecule has 4 aromatic rings. The van der Waals surface area contributed by atoms with Crippen LogP contribution in [0.15, 0.2) is 95.7 Å². The van der Waals surface area contributed by atoms with Crippen LogP contribution in [-0.4, -0.2) is 21.9 Å². The number of aryl methyl sites for hydroxylation is 1. The first kappa shape index (κ1) is 21.7. The maximum absolute atomic E-state index is 13.6. The molecule has 6 heteroatoms. The Kier molecular flexibility index (Phi) is 5.79. The van der Waals surface area contributed by atoms with Gasteiger partial charge in [0.25, 0.3) is 0 Å². The Bertz CT molecular complexity index is 1480. The number of hydrogen-bond donors (Lipinski definition) is 1. The third-order valence-electron chi connectivity index (χ3n) is 5.86. The molecule has 0 spiro atoms. The van der Waals surface area contributed by atoms with Crippen LogP contribution in [0.4, 0.5) is 5.69 Å². The first-order valence-corrected chi connectivity index (χ1v) is 11.8. The van der Waals surface area contributed by atoms with Gasteiger partial charge in [0.2, 0.25) is 11.7 Å². The number of nitriles is 1. The summed E-state index contributed by atoms with van der Waals surface area (Å²) in [6, 6.07) is 26.8. The normalized spacial score (nSPS) is 17.1. The van der Waals surface area contributed by atoms with E-state index in [0.29, 0.717) is 22.7 Å². The van der Waals surface area contributed by atoms with E-state index in [2.05, 4.69) is 17.1 Å². The summed E-state index contributed by atoms with van der Waals surface area (Å²) >= 11 is 1.29. The van der Waals surface area contributed by atoms with E-state index >= 15 is 0 Å². The Balaban J connectivity index is 1.60. The van der Waals surface area contributed by atoms with E-state index in [9.17, 15) is 14.9 Å². The average molecular weight is 464 g/mol. The molecule has 0 unspecified atom stereocenters. The van der Waals surface area contributed by atoms with Gasteiger partial charge in [-0.2, -0.15) is 5.26 Å². The van der Waals surface area contributed by atoms with Crippen LogP contribution in [0.2, 0.25) is 0 Å². The summed E-state index contributed by atoms with van der Waals surface area (Å²) in [5.74, 6) is -0.528. The number of thioether (sulfide) groups is 1. The van der Waals surface area contributed by atoms with Crippen LogP contribution in [0.3, 0.4) is 0 Å². The first-order valence-electron chi connectivity index (χ1n) is 10.9. The number of Topliss-reactive ketones (excluding diaryl/α,β-unsaturated/α-hetero) is 1. The maximum Gasteiger partial charge on any atom is 0.245 e. The van der Waals surface area contributed by atoms with Gasteiger partial charge in [0.05, 0.1) is 5.25 Å². The van der Waals surface area contributed by atoms with E-state index in [1.807, 2.05) is 79.7 Å². The molecule has 166 valence electrons. The van der Waals surface area contributed by atoms with Gasteiger partial charge in [-0.1, -0.05) is 78.0 Å². The molecule has 1 atom stereocenters. The number of amides is 1. The second kappa shape index (κ2) is 9.05. The molecule has 1 aliphatic rings. The number of benzene rings is 3. The number of aromatic amines is 1. The Labute approximate surface area is 201 Å². The van der Waals surface area contributed by atoms with Gasteiger partial charge in [0, 0.05) is 28.4 Å². The van der Waals surface area contributed by atoms with Crippen LogP contribution >= 0.6 is 11.8 Å². The second-order valence-electron chi connectivity index (χ2n) is 8.18. The summed E-state index contributed by atoms with van der Waals surface area (Å²) in [4.78, 5) is 31.8. The van der Waals surface area contributed by atoms with E-state index in [1.165, 1.54) is 16.7 Å². The van der Waals surface area contributed by atoms with Crippen LogP contribution in [0, 0.1) is 18.3 Å². The van der Waals surface area contributed by atoms with Crippen LogP contribution < -0.4 is 4.90 Å². The quantitative estimate of drug-likeness (QED) is 0.231. The zero-order chi connectivity index (χ0) is 23.7. The lowest BCUT2D eigenvalue weighted by Gasteiger charge is -2.18. The second-order valence-corrected chi connectivity index (χ2v) is 9.37. The average Bonchev–Trinajstić information content (AvgIpc) is 3.42. The molecular formula is C28H21N3O2S. The molecule has 1 amide bonds. The molecule has 0 aliphatic carbocycles. The number of anilines is 1. The van der Waals surface area contributed by atoms with Crippen LogP contribution in [-0.2, 0) is 11.2 Å². The number of para-hydroxylation sites is 2. The third kappa shape index (κ3) is 3.91. The highest BCUT2D eigenvalue weighted by Crippen LogP contribution is 2.42. The van der Waals surface area contributed by atoms with Gasteiger partial charge >= 0.3 is 0 Å². The van der Waals surface area contributed by atoms with Crippen LogP contribution in [0.1, 0.15) is 21.5 Å². The number of fused-ring (bicyclic) bond motifs is 1. The number of nitrogens with zero attached hydrogens (tertiary/aromatic N) is 2. The number of rotatable bonds is 5. The molecule has 0 bridgehead atoms. The minimum atomic E-state index is -0.434. The van der Waals surface area contributed by atoms with E-state index in [-0.39, 0.29) is 11.5 Å². The van der Waals surface area contributed by atoms with E-state index in [4.69, 9.17) is 0 Å². The Morgan fingerprint density at radius 1 is 1.06 bits per heavy atom. The molecule has 1 fully saturated rings. The monoisotopic (exact) mass is 463 g/mol. The molecule has 1 saturated heterocycles. The minimum Gasteiger partial charge on any atom is -0.360 e. The molecule has 0 saturated carbocycles. The lowest BCUT2D eigenvalue weighted by Crippen LogP contribution is -2.30. The number of carbonyl (C=O) groups is 2. The predicted octanol–water partition coefficient (Wildman–Crippen LogP) is 5.79. The summed E-state index contributed by atoms with van der Waals surface area (Å²) in [5, 5.41) is 10.8. The number of ketones is 1. The highest BCUT2D eigenvalue weighted by molar-refractivity contribution is 8.05. The third-order valence-corrected chi connectivity index (χ3v) is 7.12. The fraction of sp³-hybridized carbons (Fsp3) is 0.107. The van der Waals surface area contributed by atoms with E-state index in [0.717, 1.165) is 22.0 Å². The van der Waals surface area contributed by atoms with Gasteiger partial charge < -0.3 is 4.98 Å². The zero-order valence-corrected chi connectivity index (χ0v) is 19.3. The van der Waals surface area contributed by atoms with Crippen molar-refractivity contribution in [2.75, 3.05) is 4.90 Å². The fourth-order valence-corrected chi connectivity index (χ4v) is 5.55.